The fraction of sp³-hybridized carbons (Fsp3) is 1.00. The molecule has 5 nitrogen and oxygen atoms in total. The zero-order valence-corrected chi connectivity index (χ0v) is 10.1. The van der Waals surface area contributed by atoms with Crippen LogP contribution in [0.25, 0.3) is 0 Å². The highest BCUT2D eigenvalue weighted by Crippen LogP contribution is 2.29. The molecule has 2 atom stereocenters. The van der Waals surface area contributed by atoms with Crippen LogP contribution in [0.3, 0.4) is 0 Å². The van der Waals surface area contributed by atoms with Gasteiger partial charge in [-0.3, -0.25) is 4.57 Å². The highest BCUT2D eigenvalue weighted by Gasteiger charge is 2.21. The second kappa shape index (κ2) is 8.38. The molecule has 0 aromatic rings. The topological polar surface area (TPSA) is 87.0 Å². The van der Waals surface area contributed by atoms with E-state index in [0.717, 1.165) is 0 Å². The number of hydrogen-bond acceptors (Lipinski definition) is 4. The van der Waals surface area contributed by atoms with E-state index in [4.69, 9.17) is 19.6 Å². The molecule has 3 N–H and O–H groups in total. The second-order valence-corrected chi connectivity index (χ2v) is 4.61. The molecule has 0 rings (SSSR count). The maximum absolute atomic E-state index is 10.2. The molecule has 0 fully saturated rings. The Morgan fingerprint density at radius 1 is 1.29 bits per heavy atom. The van der Waals surface area contributed by atoms with Crippen molar-refractivity contribution in [2.24, 2.45) is 5.41 Å². The first-order chi connectivity index (χ1) is 6.25. The van der Waals surface area contributed by atoms with Crippen LogP contribution in [-0.2, 0) is 9.09 Å². The van der Waals surface area contributed by atoms with Gasteiger partial charge in [0.15, 0.2) is 0 Å². The van der Waals surface area contributed by atoms with Gasteiger partial charge in [-0.05, 0) is 12.3 Å². The van der Waals surface area contributed by atoms with Crippen LogP contribution in [0.2, 0.25) is 0 Å². The highest BCUT2D eigenvalue weighted by atomic mass is 31.1. The molecule has 0 aliphatic rings. The summed E-state index contributed by atoms with van der Waals surface area (Å²) < 4.78 is 14.9. The van der Waals surface area contributed by atoms with Crippen LogP contribution in [-0.4, -0.2) is 34.4 Å². The van der Waals surface area contributed by atoms with Crippen molar-refractivity contribution in [2.45, 2.75) is 33.8 Å². The van der Waals surface area contributed by atoms with E-state index in [0.29, 0.717) is 0 Å². The molecule has 14 heavy (non-hydrogen) atoms. The van der Waals surface area contributed by atoms with Gasteiger partial charge in [0.1, 0.15) is 0 Å². The molecule has 0 amide bonds. The lowest BCUT2D eigenvalue weighted by molar-refractivity contribution is 0.0986. The Balaban J connectivity index is 0. The van der Waals surface area contributed by atoms with Crippen LogP contribution >= 0.6 is 8.25 Å². The molecule has 2 unspecified atom stereocenters. The van der Waals surface area contributed by atoms with E-state index in [9.17, 15) is 4.57 Å². The summed E-state index contributed by atoms with van der Waals surface area (Å²) in [5.41, 5.74) is -0.0664. The van der Waals surface area contributed by atoms with Gasteiger partial charge in [0, 0.05) is 0 Å². The van der Waals surface area contributed by atoms with Gasteiger partial charge in [0.2, 0.25) is 0 Å². The number of hydrogen-bond donors (Lipinski definition) is 3. The minimum absolute atomic E-state index is 0.0664. The van der Waals surface area contributed by atoms with E-state index in [2.05, 4.69) is 0 Å². The lowest BCUT2D eigenvalue weighted by Crippen LogP contribution is -2.23. The number of aliphatic hydroxyl groups excluding tert-OH is 2. The van der Waals surface area contributed by atoms with Gasteiger partial charge >= 0.3 is 8.25 Å². The zero-order chi connectivity index (χ0) is 11.8. The van der Waals surface area contributed by atoms with Crippen LogP contribution < -0.4 is 0 Å². The first kappa shape index (κ1) is 16.5. The minimum atomic E-state index is -2.77. The van der Waals surface area contributed by atoms with Gasteiger partial charge in [-0.1, -0.05) is 20.8 Å². The zero-order valence-electron chi connectivity index (χ0n) is 9.15. The summed E-state index contributed by atoms with van der Waals surface area (Å²) in [7, 11) is -2.77. The standard InChI is InChI=1S/C6H15O3P.C2H6O2/c1-5(6(2,3)4)9-10(7)8;3-1-2-4/h5,10H,1-4H3,(H,7,8);3-4H,1-2H2. The lowest BCUT2D eigenvalue weighted by atomic mass is 9.91. The Morgan fingerprint density at radius 3 is 1.71 bits per heavy atom. The Morgan fingerprint density at radius 2 is 1.64 bits per heavy atom. The van der Waals surface area contributed by atoms with E-state index in [-0.39, 0.29) is 24.7 Å². The third-order valence-corrected chi connectivity index (χ3v) is 2.15. The molecular weight excluding hydrogens is 207 g/mol. The van der Waals surface area contributed by atoms with Crippen molar-refractivity contribution in [3.63, 3.8) is 0 Å². The molecule has 88 valence electrons. The molecular formula is C8H21O5P. The van der Waals surface area contributed by atoms with Crippen molar-refractivity contribution in [2.75, 3.05) is 13.2 Å². The maximum atomic E-state index is 10.2. The van der Waals surface area contributed by atoms with Crippen LogP contribution in [0.4, 0.5) is 0 Å². The summed E-state index contributed by atoms with van der Waals surface area (Å²) in [6, 6.07) is 0. The fourth-order valence-corrected chi connectivity index (χ4v) is 0.984. The van der Waals surface area contributed by atoms with Crippen molar-refractivity contribution in [1.29, 1.82) is 0 Å². The first-order valence-corrected chi connectivity index (χ1v) is 5.63. The Bertz CT molecular complexity index is 152. The molecule has 0 saturated carbocycles. The van der Waals surface area contributed by atoms with Crippen molar-refractivity contribution < 1.29 is 24.2 Å². The summed E-state index contributed by atoms with van der Waals surface area (Å²) in [5.74, 6) is 0. The van der Waals surface area contributed by atoms with Crippen LogP contribution in [0.15, 0.2) is 0 Å². The summed E-state index contributed by atoms with van der Waals surface area (Å²) in [6.07, 6.45) is -0.177. The highest BCUT2D eigenvalue weighted by molar-refractivity contribution is 7.32. The van der Waals surface area contributed by atoms with Crippen LogP contribution in [0, 0.1) is 5.41 Å². The van der Waals surface area contributed by atoms with Crippen LogP contribution in [0.5, 0.6) is 0 Å². The molecule has 0 radical (unpaired) electrons. The van der Waals surface area contributed by atoms with Gasteiger partial charge in [-0.2, -0.15) is 0 Å². The predicted octanol–water partition coefficient (Wildman–Crippen LogP) is 0.791. The number of rotatable bonds is 3. The van der Waals surface area contributed by atoms with E-state index >= 15 is 0 Å². The molecule has 0 aliphatic heterocycles. The average molecular weight is 228 g/mol. The monoisotopic (exact) mass is 228 g/mol. The van der Waals surface area contributed by atoms with E-state index in [1.54, 1.807) is 6.92 Å². The van der Waals surface area contributed by atoms with Gasteiger partial charge in [-0.25, -0.2) is 0 Å². The Kier molecular flexibility index (Phi) is 9.88. The average Bonchev–Trinajstić information content (AvgIpc) is 2.02. The van der Waals surface area contributed by atoms with Gasteiger partial charge in [0.05, 0.1) is 19.3 Å². The Labute approximate surface area is 85.7 Å². The molecule has 0 saturated heterocycles. The maximum Gasteiger partial charge on any atom is 0.316 e. The van der Waals surface area contributed by atoms with E-state index < -0.39 is 8.25 Å². The van der Waals surface area contributed by atoms with Crippen molar-refractivity contribution in [3.8, 4) is 0 Å². The predicted molar refractivity (Wildman–Crippen MR) is 55.4 cm³/mol. The molecule has 6 heteroatoms. The number of aliphatic hydroxyl groups is 2. The third kappa shape index (κ3) is 12.1. The van der Waals surface area contributed by atoms with Gasteiger partial charge in [0.25, 0.3) is 0 Å². The molecule has 0 spiro atoms. The third-order valence-electron chi connectivity index (χ3n) is 1.60. The van der Waals surface area contributed by atoms with Crippen molar-refractivity contribution in [3.05, 3.63) is 0 Å². The van der Waals surface area contributed by atoms with Crippen molar-refractivity contribution in [1.82, 2.24) is 0 Å². The normalized spacial score (nSPS) is 15.4. The van der Waals surface area contributed by atoms with Crippen LogP contribution in [0.1, 0.15) is 27.7 Å². The quantitative estimate of drug-likeness (QED) is 0.622. The molecule has 0 heterocycles. The Hall–Kier alpha value is 0.0700. The van der Waals surface area contributed by atoms with E-state index in [1.807, 2.05) is 20.8 Å². The van der Waals surface area contributed by atoms with Gasteiger partial charge < -0.3 is 19.6 Å². The summed E-state index contributed by atoms with van der Waals surface area (Å²) in [6.45, 7) is 7.42. The first-order valence-electron chi connectivity index (χ1n) is 4.37. The summed E-state index contributed by atoms with van der Waals surface area (Å²) in [4.78, 5) is 8.41. The fourth-order valence-electron chi connectivity index (χ4n) is 0.328. The molecule has 0 aromatic carbocycles. The smallest absolute Gasteiger partial charge is 0.316 e. The SMILES string of the molecule is CC(O[PH](=O)O)C(C)(C)C.OCCO. The summed E-state index contributed by atoms with van der Waals surface area (Å²) >= 11 is 0. The minimum Gasteiger partial charge on any atom is -0.394 e. The summed E-state index contributed by atoms with van der Waals surface area (Å²) in [5, 5.41) is 15.2. The van der Waals surface area contributed by atoms with Gasteiger partial charge in [-0.15, -0.1) is 0 Å². The molecule has 0 bridgehead atoms. The van der Waals surface area contributed by atoms with E-state index in [1.165, 1.54) is 0 Å². The second-order valence-electron chi connectivity index (χ2n) is 3.84. The van der Waals surface area contributed by atoms with Crippen molar-refractivity contribution >= 4 is 8.25 Å². The largest absolute Gasteiger partial charge is 0.394 e. The lowest BCUT2D eigenvalue weighted by Gasteiger charge is -2.25. The molecule has 0 aromatic heterocycles. The molecule has 0 aliphatic carbocycles.